The molecule has 0 saturated heterocycles. The quantitative estimate of drug-likeness (QED) is 0.610. The van der Waals surface area contributed by atoms with Crippen molar-refractivity contribution < 1.29 is 0 Å². The molecule has 0 amide bonds. The third-order valence-corrected chi connectivity index (χ3v) is 2.59. The van der Waals surface area contributed by atoms with Crippen molar-refractivity contribution in [2.24, 2.45) is 0 Å². The fourth-order valence-corrected chi connectivity index (χ4v) is 1.76. The Kier molecular flexibility index (Phi) is 2.11. The van der Waals surface area contributed by atoms with Crippen LogP contribution in [-0.2, 0) is 0 Å². The second-order valence-corrected chi connectivity index (χ2v) is 3.66. The fraction of sp³-hybridized carbons (Fsp3) is 0. The van der Waals surface area contributed by atoms with E-state index >= 15 is 0 Å². The van der Waals surface area contributed by atoms with Crippen LogP contribution >= 0.6 is 0 Å². The standard InChI is InChI=1S/C14H10N2/c1-2-4-11(5-3-1)13-8-12-6-7-15-10-14(12)16-9-13/h1-10H. The molecule has 0 unspecified atom stereocenters. The summed E-state index contributed by atoms with van der Waals surface area (Å²) in [6.45, 7) is 0. The highest BCUT2D eigenvalue weighted by Crippen LogP contribution is 2.21. The van der Waals surface area contributed by atoms with Gasteiger partial charge in [-0.3, -0.25) is 9.97 Å². The molecule has 3 aromatic rings. The Morgan fingerprint density at radius 2 is 1.69 bits per heavy atom. The van der Waals surface area contributed by atoms with E-state index in [4.69, 9.17) is 0 Å². The lowest BCUT2D eigenvalue weighted by Crippen LogP contribution is -1.83. The molecular formula is C14H10N2. The van der Waals surface area contributed by atoms with Gasteiger partial charge < -0.3 is 0 Å². The summed E-state index contributed by atoms with van der Waals surface area (Å²) in [5, 5.41) is 1.12. The molecule has 2 aromatic heterocycles. The van der Waals surface area contributed by atoms with E-state index in [1.807, 2.05) is 30.5 Å². The molecule has 3 rings (SSSR count). The predicted molar refractivity (Wildman–Crippen MR) is 65.0 cm³/mol. The molecule has 16 heavy (non-hydrogen) atoms. The minimum atomic E-state index is 0.933. The molecule has 0 atom stereocenters. The number of pyridine rings is 2. The van der Waals surface area contributed by atoms with E-state index in [1.54, 1.807) is 12.4 Å². The number of hydrogen-bond donors (Lipinski definition) is 0. The third-order valence-electron chi connectivity index (χ3n) is 2.59. The van der Waals surface area contributed by atoms with Crippen molar-refractivity contribution >= 4 is 10.9 Å². The molecule has 0 saturated carbocycles. The van der Waals surface area contributed by atoms with Crippen molar-refractivity contribution in [1.29, 1.82) is 0 Å². The first-order chi connectivity index (χ1) is 7.93. The minimum absolute atomic E-state index is 0.933. The Hall–Kier alpha value is -2.22. The summed E-state index contributed by atoms with van der Waals surface area (Å²) in [6, 6.07) is 14.4. The number of benzene rings is 1. The Balaban J connectivity index is 2.19. The smallest absolute Gasteiger partial charge is 0.0885 e. The van der Waals surface area contributed by atoms with Gasteiger partial charge in [-0.2, -0.15) is 0 Å². The average molecular weight is 206 g/mol. The van der Waals surface area contributed by atoms with Crippen LogP contribution in [0.3, 0.4) is 0 Å². The summed E-state index contributed by atoms with van der Waals surface area (Å²) in [5.74, 6) is 0. The van der Waals surface area contributed by atoms with E-state index in [9.17, 15) is 0 Å². The first kappa shape index (κ1) is 9.04. The van der Waals surface area contributed by atoms with Gasteiger partial charge in [-0.1, -0.05) is 30.3 Å². The molecule has 2 heteroatoms. The number of fused-ring (bicyclic) bond motifs is 1. The maximum absolute atomic E-state index is 4.40. The first-order valence-electron chi connectivity index (χ1n) is 5.19. The molecule has 0 N–H and O–H groups in total. The van der Waals surface area contributed by atoms with Gasteiger partial charge >= 0.3 is 0 Å². The van der Waals surface area contributed by atoms with Crippen LogP contribution in [0.2, 0.25) is 0 Å². The highest BCUT2D eigenvalue weighted by atomic mass is 14.7. The second kappa shape index (κ2) is 3.74. The summed E-state index contributed by atoms with van der Waals surface area (Å²) in [4.78, 5) is 8.45. The maximum atomic E-state index is 4.40. The Morgan fingerprint density at radius 3 is 2.56 bits per heavy atom. The lowest BCUT2D eigenvalue weighted by Gasteiger charge is -2.02. The van der Waals surface area contributed by atoms with Crippen LogP contribution in [0.15, 0.2) is 61.1 Å². The van der Waals surface area contributed by atoms with Crippen LogP contribution in [0.4, 0.5) is 0 Å². The lowest BCUT2D eigenvalue weighted by atomic mass is 10.1. The summed E-state index contributed by atoms with van der Waals surface area (Å²) >= 11 is 0. The number of aromatic nitrogens is 2. The van der Waals surface area contributed by atoms with Gasteiger partial charge in [0.15, 0.2) is 0 Å². The van der Waals surface area contributed by atoms with Crippen LogP contribution in [0, 0.1) is 0 Å². The van der Waals surface area contributed by atoms with Gasteiger partial charge in [0.1, 0.15) is 0 Å². The second-order valence-electron chi connectivity index (χ2n) is 3.66. The SMILES string of the molecule is c1ccc(-c2cnc3cnccc3c2)cc1. The van der Waals surface area contributed by atoms with E-state index in [-0.39, 0.29) is 0 Å². The zero-order valence-corrected chi connectivity index (χ0v) is 8.67. The monoisotopic (exact) mass is 206 g/mol. The van der Waals surface area contributed by atoms with Crippen LogP contribution in [0.25, 0.3) is 22.0 Å². The molecule has 2 nitrogen and oxygen atoms in total. The molecular weight excluding hydrogens is 196 g/mol. The topological polar surface area (TPSA) is 25.8 Å². The molecule has 0 aliphatic rings. The molecule has 0 aliphatic carbocycles. The number of nitrogens with zero attached hydrogens (tertiary/aromatic N) is 2. The van der Waals surface area contributed by atoms with Gasteiger partial charge in [-0.15, -0.1) is 0 Å². The molecule has 76 valence electrons. The largest absolute Gasteiger partial charge is 0.262 e. The van der Waals surface area contributed by atoms with Crippen LogP contribution in [-0.4, -0.2) is 9.97 Å². The Labute approximate surface area is 93.6 Å². The van der Waals surface area contributed by atoms with E-state index in [1.165, 1.54) is 5.56 Å². The van der Waals surface area contributed by atoms with Crippen LogP contribution in [0.1, 0.15) is 0 Å². The van der Waals surface area contributed by atoms with Gasteiger partial charge in [0.05, 0.1) is 11.7 Å². The average Bonchev–Trinajstić information content (AvgIpc) is 2.39. The normalized spacial score (nSPS) is 10.5. The van der Waals surface area contributed by atoms with E-state index in [0.29, 0.717) is 0 Å². The van der Waals surface area contributed by atoms with Crippen molar-refractivity contribution in [2.75, 3.05) is 0 Å². The van der Waals surface area contributed by atoms with Gasteiger partial charge in [0.2, 0.25) is 0 Å². The van der Waals surface area contributed by atoms with Crippen molar-refractivity contribution in [1.82, 2.24) is 9.97 Å². The Bertz CT molecular complexity index is 618. The van der Waals surface area contributed by atoms with E-state index in [0.717, 1.165) is 16.5 Å². The van der Waals surface area contributed by atoms with Crippen molar-refractivity contribution in [3.05, 3.63) is 61.1 Å². The summed E-state index contributed by atoms with van der Waals surface area (Å²) in [5.41, 5.74) is 3.26. The lowest BCUT2D eigenvalue weighted by molar-refractivity contribution is 1.31. The van der Waals surface area contributed by atoms with Crippen LogP contribution in [0.5, 0.6) is 0 Å². The first-order valence-corrected chi connectivity index (χ1v) is 5.19. The van der Waals surface area contributed by atoms with Gasteiger partial charge in [0, 0.05) is 23.3 Å². The number of hydrogen-bond acceptors (Lipinski definition) is 2. The summed E-state index contributed by atoms with van der Waals surface area (Å²) < 4.78 is 0. The van der Waals surface area contributed by atoms with Gasteiger partial charge in [0.25, 0.3) is 0 Å². The van der Waals surface area contributed by atoms with Crippen molar-refractivity contribution in [3.63, 3.8) is 0 Å². The Morgan fingerprint density at radius 1 is 0.812 bits per heavy atom. The predicted octanol–water partition coefficient (Wildman–Crippen LogP) is 3.30. The van der Waals surface area contributed by atoms with E-state index < -0.39 is 0 Å². The van der Waals surface area contributed by atoms with Crippen molar-refractivity contribution in [2.45, 2.75) is 0 Å². The molecule has 0 fully saturated rings. The molecule has 2 heterocycles. The highest BCUT2D eigenvalue weighted by Gasteiger charge is 1.99. The molecule has 0 radical (unpaired) electrons. The third kappa shape index (κ3) is 1.54. The minimum Gasteiger partial charge on any atom is -0.262 e. The van der Waals surface area contributed by atoms with Gasteiger partial charge in [-0.05, 0) is 17.7 Å². The zero-order chi connectivity index (χ0) is 10.8. The van der Waals surface area contributed by atoms with E-state index in [2.05, 4.69) is 28.2 Å². The van der Waals surface area contributed by atoms with Gasteiger partial charge in [-0.25, -0.2) is 0 Å². The summed E-state index contributed by atoms with van der Waals surface area (Å²) in [6.07, 6.45) is 5.46. The molecule has 0 spiro atoms. The molecule has 0 aliphatic heterocycles. The highest BCUT2D eigenvalue weighted by molar-refractivity contribution is 5.82. The molecule has 1 aromatic carbocycles. The summed E-state index contributed by atoms with van der Waals surface area (Å²) in [7, 11) is 0. The zero-order valence-electron chi connectivity index (χ0n) is 8.67. The maximum Gasteiger partial charge on any atom is 0.0885 e. The number of rotatable bonds is 1. The van der Waals surface area contributed by atoms with Crippen LogP contribution < -0.4 is 0 Å². The fourth-order valence-electron chi connectivity index (χ4n) is 1.76. The van der Waals surface area contributed by atoms with Crippen molar-refractivity contribution in [3.8, 4) is 11.1 Å². The molecule has 0 bridgehead atoms.